The largest absolute Gasteiger partial charge is 0.385 e. The predicted octanol–water partition coefficient (Wildman–Crippen LogP) is 1.97. The number of nitrogens with one attached hydrogen (secondary N) is 1. The molecule has 1 aromatic carbocycles. The zero-order valence-corrected chi connectivity index (χ0v) is 4.89. The van der Waals surface area contributed by atoms with Gasteiger partial charge < -0.3 is 4.98 Å². The van der Waals surface area contributed by atoms with E-state index >= 15 is 0 Å². The average molecular weight is 116 g/mol. The zero-order chi connectivity index (χ0) is 6.10. The standard InChI is InChI=1S/C8H6N/c1-2-4-8-7(3-1)5-6-9-8/h1-3,5-6,9H/q-1. The molecular formula is C8H6N-. The molecule has 2 aromatic rings. The van der Waals surface area contributed by atoms with Crippen LogP contribution in [0.4, 0.5) is 0 Å². The Morgan fingerprint density at radius 1 is 1.33 bits per heavy atom. The van der Waals surface area contributed by atoms with E-state index in [0.29, 0.717) is 0 Å². The number of hydrogen-bond acceptors (Lipinski definition) is 0. The van der Waals surface area contributed by atoms with Crippen molar-refractivity contribution in [2.45, 2.75) is 0 Å². The van der Waals surface area contributed by atoms with Gasteiger partial charge in [0.05, 0.1) is 0 Å². The molecule has 1 N–H and O–H groups in total. The van der Waals surface area contributed by atoms with Crippen LogP contribution in [0.15, 0.2) is 30.5 Å². The van der Waals surface area contributed by atoms with Crippen LogP contribution < -0.4 is 0 Å². The van der Waals surface area contributed by atoms with Crippen molar-refractivity contribution in [1.82, 2.24) is 4.98 Å². The van der Waals surface area contributed by atoms with Gasteiger partial charge in [0.15, 0.2) is 0 Å². The highest BCUT2D eigenvalue weighted by atomic mass is 14.6. The normalized spacial score (nSPS) is 10.2. The zero-order valence-electron chi connectivity index (χ0n) is 4.89. The lowest BCUT2D eigenvalue weighted by molar-refractivity contribution is 1.47. The van der Waals surface area contributed by atoms with Crippen molar-refractivity contribution >= 4 is 10.9 Å². The van der Waals surface area contributed by atoms with Crippen LogP contribution in [0.5, 0.6) is 0 Å². The lowest BCUT2D eigenvalue weighted by Crippen LogP contribution is -1.62. The summed E-state index contributed by atoms with van der Waals surface area (Å²) < 4.78 is 0. The summed E-state index contributed by atoms with van der Waals surface area (Å²) in [5, 5.41) is 1.22. The van der Waals surface area contributed by atoms with Crippen molar-refractivity contribution in [3.8, 4) is 0 Å². The summed E-state index contributed by atoms with van der Waals surface area (Å²) in [6.45, 7) is 0. The Morgan fingerprint density at radius 3 is 3.22 bits per heavy atom. The number of H-pyrrole nitrogens is 1. The van der Waals surface area contributed by atoms with Gasteiger partial charge in [-0.2, -0.15) is 24.3 Å². The van der Waals surface area contributed by atoms with Crippen molar-refractivity contribution < 1.29 is 0 Å². The van der Waals surface area contributed by atoms with Crippen LogP contribution in [-0.2, 0) is 0 Å². The molecule has 0 amide bonds. The maximum absolute atomic E-state index is 3.08. The van der Waals surface area contributed by atoms with Crippen LogP contribution in [0.3, 0.4) is 0 Å². The van der Waals surface area contributed by atoms with Gasteiger partial charge in [-0.05, 0) is 6.20 Å². The minimum absolute atomic E-state index is 1.08. The smallest absolute Gasteiger partial charge is 0.0126 e. The Bertz CT molecular complexity index is 279. The number of fused-ring (bicyclic) bond motifs is 1. The highest BCUT2D eigenvalue weighted by Gasteiger charge is 1.77. The molecule has 0 spiro atoms. The minimum atomic E-state index is 1.08. The number of rotatable bonds is 0. The van der Waals surface area contributed by atoms with Gasteiger partial charge in [-0.25, -0.2) is 0 Å². The number of para-hydroxylation sites is 1. The van der Waals surface area contributed by atoms with E-state index in [0.717, 1.165) is 5.52 Å². The highest BCUT2D eigenvalue weighted by Crippen LogP contribution is 2.08. The van der Waals surface area contributed by atoms with Crippen LogP contribution >= 0.6 is 0 Å². The molecule has 0 aliphatic carbocycles. The first-order valence-electron chi connectivity index (χ1n) is 2.90. The molecular weight excluding hydrogens is 110 g/mol. The monoisotopic (exact) mass is 116 g/mol. The maximum atomic E-state index is 3.08. The topological polar surface area (TPSA) is 15.8 Å². The fourth-order valence-electron chi connectivity index (χ4n) is 0.929. The van der Waals surface area contributed by atoms with Crippen molar-refractivity contribution in [2.24, 2.45) is 0 Å². The number of hydrogen-bond donors (Lipinski definition) is 1. The number of benzene rings is 1. The molecule has 0 unspecified atom stereocenters. The van der Waals surface area contributed by atoms with Crippen molar-refractivity contribution in [3.05, 3.63) is 36.5 Å². The second-order valence-corrected chi connectivity index (χ2v) is 1.98. The molecule has 0 atom stereocenters. The van der Waals surface area contributed by atoms with Gasteiger partial charge in [0.1, 0.15) is 0 Å². The van der Waals surface area contributed by atoms with Crippen molar-refractivity contribution in [3.63, 3.8) is 0 Å². The quantitative estimate of drug-likeness (QED) is 0.506. The molecule has 0 saturated carbocycles. The van der Waals surface area contributed by atoms with Gasteiger partial charge >= 0.3 is 0 Å². The SMILES string of the molecule is [c-]1cccc2cc[nH]c12. The van der Waals surface area contributed by atoms with Crippen LogP contribution in [0.2, 0.25) is 0 Å². The summed E-state index contributed by atoms with van der Waals surface area (Å²) in [5.41, 5.74) is 1.08. The van der Waals surface area contributed by atoms with Crippen LogP contribution in [0.25, 0.3) is 10.9 Å². The van der Waals surface area contributed by atoms with E-state index in [-0.39, 0.29) is 0 Å². The molecule has 44 valence electrons. The van der Waals surface area contributed by atoms with E-state index in [4.69, 9.17) is 0 Å². The molecule has 0 aliphatic heterocycles. The predicted molar refractivity (Wildman–Crippen MR) is 37.1 cm³/mol. The Kier molecular flexibility index (Phi) is 0.833. The summed E-state index contributed by atoms with van der Waals surface area (Å²) in [4.78, 5) is 3.06. The summed E-state index contributed by atoms with van der Waals surface area (Å²) in [6.07, 6.45) is 1.92. The van der Waals surface area contributed by atoms with E-state index in [2.05, 4.69) is 17.1 Å². The van der Waals surface area contributed by atoms with E-state index in [1.165, 1.54) is 5.39 Å². The second-order valence-electron chi connectivity index (χ2n) is 1.98. The van der Waals surface area contributed by atoms with Gasteiger partial charge in [-0.1, -0.05) is 11.6 Å². The first-order chi connectivity index (χ1) is 4.47. The summed E-state index contributed by atoms with van der Waals surface area (Å²) in [6, 6.07) is 11.1. The first kappa shape index (κ1) is 4.62. The molecule has 1 heterocycles. The maximum Gasteiger partial charge on any atom is -0.0126 e. The third-order valence-electron chi connectivity index (χ3n) is 1.38. The molecule has 0 radical (unpaired) electrons. The van der Waals surface area contributed by atoms with E-state index in [1.807, 2.05) is 24.4 Å². The second kappa shape index (κ2) is 1.62. The van der Waals surface area contributed by atoms with Gasteiger partial charge in [0.2, 0.25) is 0 Å². The fraction of sp³-hybridized carbons (Fsp3) is 0. The molecule has 1 nitrogen and oxygen atoms in total. The molecule has 2 rings (SSSR count). The molecule has 0 fully saturated rings. The van der Waals surface area contributed by atoms with Crippen LogP contribution in [0.1, 0.15) is 0 Å². The van der Waals surface area contributed by atoms with E-state index < -0.39 is 0 Å². The van der Waals surface area contributed by atoms with Crippen molar-refractivity contribution in [2.75, 3.05) is 0 Å². The van der Waals surface area contributed by atoms with E-state index in [9.17, 15) is 0 Å². The minimum Gasteiger partial charge on any atom is -0.385 e. The molecule has 0 aliphatic rings. The first-order valence-corrected chi connectivity index (χ1v) is 2.90. The van der Waals surface area contributed by atoms with E-state index in [1.54, 1.807) is 0 Å². The molecule has 1 aromatic heterocycles. The Morgan fingerprint density at radius 2 is 2.33 bits per heavy atom. The molecule has 9 heavy (non-hydrogen) atoms. The summed E-state index contributed by atoms with van der Waals surface area (Å²) in [7, 11) is 0. The fourth-order valence-corrected chi connectivity index (χ4v) is 0.929. The highest BCUT2D eigenvalue weighted by molar-refractivity contribution is 5.78. The molecule has 0 saturated heterocycles. The summed E-state index contributed by atoms with van der Waals surface area (Å²) in [5.74, 6) is 0. The lowest BCUT2D eigenvalue weighted by Gasteiger charge is -1.93. The third kappa shape index (κ3) is 0.617. The van der Waals surface area contributed by atoms with Crippen molar-refractivity contribution in [1.29, 1.82) is 0 Å². The van der Waals surface area contributed by atoms with Gasteiger partial charge in [0, 0.05) is 0 Å². The number of aromatic nitrogens is 1. The molecule has 1 heteroatoms. The van der Waals surface area contributed by atoms with Gasteiger partial charge in [-0.3, -0.25) is 0 Å². The Labute approximate surface area is 53.3 Å². The Balaban J connectivity index is 2.95. The van der Waals surface area contributed by atoms with Crippen LogP contribution in [0, 0.1) is 6.07 Å². The van der Waals surface area contributed by atoms with Gasteiger partial charge in [-0.15, -0.1) is 5.39 Å². The average Bonchev–Trinajstić information content (AvgIpc) is 2.33. The molecule has 0 bridgehead atoms. The lowest BCUT2D eigenvalue weighted by atomic mass is 10.3. The van der Waals surface area contributed by atoms with Gasteiger partial charge in [0.25, 0.3) is 0 Å². The Hall–Kier alpha value is -1.24. The number of aromatic amines is 1. The third-order valence-corrected chi connectivity index (χ3v) is 1.38. The van der Waals surface area contributed by atoms with Crippen LogP contribution in [-0.4, -0.2) is 4.98 Å². The summed E-state index contributed by atoms with van der Waals surface area (Å²) >= 11 is 0.